The molecule has 0 aliphatic rings. The normalized spacial score (nSPS) is 11.8. The fourth-order valence-corrected chi connectivity index (χ4v) is 1.99. The van der Waals surface area contributed by atoms with E-state index < -0.39 is 18.6 Å². The zero-order valence-corrected chi connectivity index (χ0v) is 10.4. The van der Waals surface area contributed by atoms with Gasteiger partial charge in [-0.1, -0.05) is 18.2 Å². The zero-order chi connectivity index (χ0) is 14.8. The van der Waals surface area contributed by atoms with Crippen LogP contribution in [0.4, 0.5) is 13.2 Å². The smallest absolute Gasteiger partial charge is 0.392 e. The van der Waals surface area contributed by atoms with Crippen LogP contribution in [0, 0.1) is 0 Å². The van der Waals surface area contributed by atoms with Crippen molar-refractivity contribution in [1.82, 2.24) is 9.88 Å². The van der Waals surface area contributed by atoms with Crippen LogP contribution < -0.4 is 5.32 Å². The summed E-state index contributed by atoms with van der Waals surface area (Å²) >= 11 is 0. The molecule has 0 saturated heterocycles. The van der Waals surface area contributed by atoms with Gasteiger partial charge >= 0.3 is 6.18 Å². The van der Waals surface area contributed by atoms with Crippen LogP contribution in [0.15, 0.2) is 30.5 Å². The largest absolute Gasteiger partial charge is 0.405 e. The highest BCUT2D eigenvalue weighted by atomic mass is 19.4. The molecular formula is C13H13F3N2O2. The second kappa shape index (κ2) is 5.54. The Kier molecular flexibility index (Phi) is 3.99. The first-order valence-electron chi connectivity index (χ1n) is 5.92. The third kappa shape index (κ3) is 3.30. The molecule has 0 saturated carbocycles. The topological polar surface area (TPSA) is 54.3 Å². The van der Waals surface area contributed by atoms with Gasteiger partial charge in [0.1, 0.15) is 13.1 Å². The molecule has 1 amide bonds. The van der Waals surface area contributed by atoms with Crippen LogP contribution in [-0.2, 0) is 17.9 Å². The highest BCUT2D eigenvalue weighted by Crippen LogP contribution is 2.21. The lowest BCUT2D eigenvalue weighted by Crippen LogP contribution is -2.35. The number of carbonyl (C=O) groups is 1. The molecule has 1 heterocycles. The van der Waals surface area contributed by atoms with Crippen LogP contribution in [0.2, 0.25) is 0 Å². The summed E-state index contributed by atoms with van der Waals surface area (Å²) in [6.45, 7) is -1.77. The number of aromatic nitrogens is 1. The Morgan fingerprint density at radius 2 is 2.00 bits per heavy atom. The highest BCUT2D eigenvalue weighted by molar-refractivity contribution is 5.86. The summed E-state index contributed by atoms with van der Waals surface area (Å²) in [6.07, 6.45) is -2.86. The Bertz CT molecular complexity index is 620. The number of rotatable bonds is 4. The Hall–Kier alpha value is -2.02. The number of para-hydroxylation sites is 1. The molecule has 0 spiro atoms. The second-order valence-corrected chi connectivity index (χ2v) is 4.35. The number of nitrogens with zero attached hydrogens (tertiary/aromatic N) is 1. The number of amides is 1. The number of hydrogen-bond donors (Lipinski definition) is 2. The number of alkyl halides is 3. The number of benzene rings is 1. The van der Waals surface area contributed by atoms with Gasteiger partial charge in [-0.2, -0.15) is 13.2 Å². The van der Waals surface area contributed by atoms with Crippen molar-refractivity contribution < 1.29 is 23.1 Å². The average Bonchev–Trinajstić information content (AvgIpc) is 2.74. The number of carbonyl (C=O) groups excluding carboxylic acids is 1. The van der Waals surface area contributed by atoms with E-state index in [4.69, 9.17) is 0 Å². The van der Waals surface area contributed by atoms with Crippen LogP contribution in [0.1, 0.15) is 5.56 Å². The SMILES string of the molecule is O=C(Cn1cc(CO)c2ccccc21)NCC(F)(F)F. The van der Waals surface area contributed by atoms with Gasteiger partial charge < -0.3 is 15.0 Å². The fourth-order valence-electron chi connectivity index (χ4n) is 1.99. The minimum Gasteiger partial charge on any atom is -0.392 e. The maximum absolute atomic E-state index is 12.0. The van der Waals surface area contributed by atoms with Crippen molar-refractivity contribution in [1.29, 1.82) is 0 Å². The van der Waals surface area contributed by atoms with E-state index in [1.54, 1.807) is 30.5 Å². The van der Waals surface area contributed by atoms with Crippen LogP contribution in [0.5, 0.6) is 0 Å². The minimum atomic E-state index is -4.43. The third-order valence-electron chi connectivity index (χ3n) is 2.84. The average molecular weight is 286 g/mol. The van der Waals surface area contributed by atoms with Crippen molar-refractivity contribution in [3.05, 3.63) is 36.0 Å². The molecule has 1 aromatic heterocycles. The standard InChI is InChI=1S/C13H13F3N2O2/c14-13(15,16)8-17-12(20)6-18-5-9(7-19)10-3-1-2-4-11(10)18/h1-5,19H,6-8H2,(H,17,20). The summed E-state index contributed by atoms with van der Waals surface area (Å²) in [5.41, 5.74) is 1.32. The van der Waals surface area contributed by atoms with Gasteiger partial charge in [-0.15, -0.1) is 0 Å². The Morgan fingerprint density at radius 1 is 1.30 bits per heavy atom. The molecule has 0 bridgehead atoms. The van der Waals surface area contributed by atoms with Gasteiger partial charge in [-0.05, 0) is 6.07 Å². The maximum atomic E-state index is 12.0. The summed E-state index contributed by atoms with van der Waals surface area (Å²) in [6, 6.07) is 7.07. The molecule has 108 valence electrons. The van der Waals surface area contributed by atoms with Gasteiger partial charge in [0.05, 0.1) is 6.61 Å². The fraction of sp³-hybridized carbons (Fsp3) is 0.308. The number of aliphatic hydroxyl groups is 1. The van der Waals surface area contributed by atoms with Gasteiger partial charge in [0, 0.05) is 22.7 Å². The van der Waals surface area contributed by atoms with Gasteiger partial charge in [0.25, 0.3) is 0 Å². The summed E-state index contributed by atoms with van der Waals surface area (Å²) < 4.78 is 37.6. The Balaban J connectivity index is 2.15. The monoisotopic (exact) mass is 286 g/mol. The van der Waals surface area contributed by atoms with Crippen molar-refractivity contribution >= 4 is 16.8 Å². The number of hydrogen-bond acceptors (Lipinski definition) is 2. The number of halogens is 3. The lowest BCUT2D eigenvalue weighted by Gasteiger charge is -2.09. The van der Waals surface area contributed by atoms with E-state index in [9.17, 15) is 23.1 Å². The molecule has 0 aliphatic carbocycles. The van der Waals surface area contributed by atoms with E-state index in [-0.39, 0.29) is 13.2 Å². The molecule has 0 radical (unpaired) electrons. The van der Waals surface area contributed by atoms with Gasteiger partial charge in [-0.3, -0.25) is 4.79 Å². The van der Waals surface area contributed by atoms with Crippen molar-refractivity contribution in [2.75, 3.05) is 6.54 Å². The molecule has 0 fully saturated rings. The predicted octanol–water partition coefficient (Wildman–Crippen LogP) is 1.81. The van der Waals surface area contributed by atoms with E-state index in [2.05, 4.69) is 0 Å². The van der Waals surface area contributed by atoms with E-state index >= 15 is 0 Å². The first-order valence-corrected chi connectivity index (χ1v) is 5.92. The summed E-state index contributed by atoms with van der Waals surface area (Å²) in [5.74, 6) is -0.729. The zero-order valence-electron chi connectivity index (χ0n) is 10.4. The predicted molar refractivity (Wildman–Crippen MR) is 66.9 cm³/mol. The maximum Gasteiger partial charge on any atom is 0.405 e. The minimum absolute atomic E-state index is 0.197. The number of fused-ring (bicyclic) bond motifs is 1. The Labute approximate surface area is 112 Å². The van der Waals surface area contributed by atoms with Crippen LogP contribution >= 0.6 is 0 Å². The molecule has 20 heavy (non-hydrogen) atoms. The lowest BCUT2D eigenvalue weighted by molar-refractivity contribution is -0.138. The Morgan fingerprint density at radius 3 is 2.65 bits per heavy atom. The molecule has 7 heteroatoms. The molecule has 4 nitrogen and oxygen atoms in total. The van der Waals surface area contributed by atoms with Gasteiger partial charge in [0.2, 0.25) is 5.91 Å². The van der Waals surface area contributed by atoms with Crippen molar-refractivity contribution in [2.45, 2.75) is 19.3 Å². The first kappa shape index (κ1) is 14.4. The van der Waals surface area contributed by atoms with Gasteiger partial charge in [0.15, 0.2) is 0 Å². The van der Waals surface area contributed by atoms with E-state index in [1.807, 2.05) is 5.32 Å². The second-order valence-electron chi connectivity index (χ2n) is 4.35. The third-order valence-corrected chi connectivity index (χ3v) is 2.84. The highest BCUT2D eigenvalue weighted by Gasteiger charge is 2.27. The van der Waals surface area contributed by atoms with E-state index in [0.29, 0.717) is 11.1 Å². The molecule has 2 aromatic rings. The van der Waals surface area contributed by atoms with E-state index in [0.717, 1.165) is 5.39 Å². The lowest BCUT2D eigenvalue weighted by atomic mass is 10.2. The molecule has 0 unspecified atom stereocenters. The summed E-state index contributed by atoms with van der Waals surface area (Å²) in [7, 11) is 0. The van der Waals surface area contributed by atoms with Crippen molar-refractivity contribution in [3.8, 4) is 0 Å². The molecular weight excluding hydrogens is 273 g/mol. The molecule has 2 N–H and O–H groups in total. The molecule has 2 rings (SSSR count). The number of nitrogens with one attached hydrogen (secondary N) is 1. The van der Waals surface area contributed by atoms with Crippen molar-refractivity contribution in [3.63, 3.8) is 0 Å². The van der Waals surface area contributed by atoms with Gasteiger partial charge in [-0.25, -0.2) is 0 Å². The first-order chi connectivity index (χ1) is 9.40. The van der Waals surface area contributed by atoms with E-state index in [1.165, 1.54) is 4.57 Å². The summed E-state index contributed by atoms with van der Waals surface area (Å²) in [4.78, 5) is 11.5. The molecule has 0 aliphatic heterocycles. The van der Waals surface area contributed by atoms with Crippen LogP contribution in [-0.4, -0.2) is 28.3 Å². The van der Waals surface area contributed by atoms with Crippen molar-refractivity contribution in [2.24, 2.45) is 0 Å². The van der Waals surface area contributed by atoms with Crippen LogP contribution in [0.3, 0.4) is 0 Å². The summed E-state index contributed by atoms with van der Waals surface area (Å²) in [5, 5.41) is 11.8. The molecule has 0 atom stereocenters. The molecule has 1 aromatic carbocycles. The van der Waals surface area contributed by atoms with Crippen LogP contribution in [0.25, 0.3) is 10.9 Å². The number of aliphatic hydroxyl groups excluding tert-OH is 1. The quantitative estimate of drug-likeness (QED) is 0.900.